The fourth-order valence-corrected chi connectivity index (χ4v) is 3.37. The molecular formula is C13H19N3S. The van der Waals surface area contributed by atoms with Crippen LogP contribution in [0.3, 0.4) is 0 Å². The number of allylic oxidation sites excluding steroid dienone is 1. The Balaban J connectivity index is 1.47. The fraction of sp³-hybridized carbons (Fsp3) is 0.692. The smallest absolute Gasteiger partial charge is 0.187 e. The van der Waals surface area contributed by atoms with E-state index < -0.39 is 0 Å². The Morgan fingerprint density at radius 2 is 2.06 bits per heavy atom. The van der Waals surface area contributed by atoms with Crippen molar-refractivity contribution in [2.45, 2.75) is 44.6 Å². The second-order valence-corrected chi connectivity index (χ2v) is 5.77. The molecule has 17 heavy (non-hydrogen) atoms. The molecular weight excluding hydrogens is 230 g/mol. The van der Waals surface area contributed by atoms with Crippen molar-refractivity contribution in [1.29, 1.82) is 0 Å². The number of thiocarbonyl (C=S) groups is 1. The summed E-state index contributed by atoms with van der Waals surface area (Å²) in [5, 5.41) is 8.46. The van der Waals surface area contributed by atoms with Crippen molar-refractivity contribution >= 4 is 23.0 Å². The summed E-state index contributed by atoms with van der Waals surface area (Å²) in [6, 6.07) is 0.522. The average Bonchev–Trinajstić information content (AvgIpc) is 3.03. The topological polar surface area (TPSA) is 36.4 Å². The molecule has 0 aliphatic heterocycles. The van der Waals surface area contributed by atoms with E-state index >= 15 is 0 Å². The van der Waals surface area contributed by atoms with Gasteiger partial charge in [-0.15, -0.1) is 0 Å². The number of hydrogen-bond donors (Lipinski definition) is 2. The van der Waals surface area contributed by atoms with Crippen LogP contribution in [0.15, 0.2) is 17.3 Å². The lowest BCUT2D eigenvalue weighted by atomic mass is 10.0. The van der Waals surface area contributed by atoms with Gasteiger partial charge in [0.2, 0.25) is 0 Å². The molecule has 0 heterocycles. The Bertz CT molecular complexity index is 367. The molecule has 92 valence electrons. The van der Waals surface area contributed by atoms with E-state index in [-0.39, 0.29) is 0 Å². The summed E-state index contributed by atoms with van der Waals surface area (Å²) in [6.07, 6.45) is 12.0. The highest BCUT2D eigenvalue weighted by molar-refractivity contribution is 7.80. The molecule has 0 spiro atoms. The molecule has 2 N–H and O–H groups in total. The van der Waals surface area contributed by atoms with Gasteiger partial charge in [0.25, 0.3) is 0 Å². The number of nitrogens with zero attached hydrogens (tertiary/aromatic N) is 1. The minimum atomic E-state index is 0.522. The number of rotatable bonds is 2. The molecule has 3 nitrogen and oxygen atoms in total. The standard InChI is InChI=1S/C13H19N3S/c17-13(16-15-11-3-1-2-4-11)14-12-8-9-5-6-10(12)7-9/h5-6,9-10,12H,1-4,7-8H2,(H2,14,16,17). The quantitative estimate of drug-likeness (QED) is 0.448. The summed E-state index contributed by atoms with van der Waals surface area (Å²) in [6.45, 7) is 0. The fourth-order valence-electron chi connectivity index (χ4n) is 3.17. The van der Waals surface area contributed by atoms with E-state index in [1.165, 1.54) is 31.4 Å². The number of hydrazone groups is 1. The third-order valence-corrected chi connectivity index (χ3v) is 4.30. The molecule has 0 aromatic heterocycles. The highest BCUT2D eigenvalue weighted by atomic mass is 32.1. The van der Waals surface area contributed by atoms with Crippen LogP contribution >= 0.6 is 12.2 Å². The minimum Gasteiger partial charge on any atom is -0.358 e. The van der Waals surface area contributed by atoms with Crippen molar-refractivity contribution in [2.75, 3.05) is 0 Å². The van der Waals surface area contributed by atoms with Gasteiger partial charge in [0, 0.05) is 11.8 Å². The molecule has 0 amide bonds. The van der Waals surface area contributed by atoms with Crippen LogP contribution in [0, 0.1) is 11.8 Å². The lowest BCUT2D eigenvalue weighted by molar-refractivity contribution is 0.520. The Morgan fingerprint density at radius 3 is 2.71 bits per heavy atom. The van der Waals surface area contributed by atoms with Crippen molar-refractivity contribution in [3.63, 3.8) is 0 Å². The summed E-state index contributed by atoms with van der Waals surface area (Å²) in [5.74, 6) is 1.46. The Kier molecular flexibility index (Phi) is 3.14. The molecule has 2 fully saturated rings. The van der Waals surface area contributed by atoms with Gasteiger partial charge in [-0.2, -0.15) is 5.10 Å². The van der Waals surface area contributed by atoms with E-state index in [4.69, 9.17) is 12.2 Å². The summed E-state index contributed by atoms with van der Waals surface area (Å²) in [5.41, 5.74) is 4.26. The normalized spacial score (nSPS) is 34.1. The SMILES string of the molecule is S=C(NN=C1CCCC1)NC1CC2C=CC1C2. The molecule has 0 aromatic rings. The zero-order chi connectivity index (χ0) is 11.7. The summed E-state index contributed by atoms with van der Waals surface area (Å²) in [4.78, 5) is 0. The molecule has 0 aromatic carbocycles. The monoisotopic (exact) mass is 249 g/mol. The van der Waals surface area contributed by atoms with Crippen LogP contribution < -0.4 is 10.7 Å². The predicted molar refractivity (Wildman–Crippen MR) is 73.9 cm³/mol. The Hall–Kier alpha value is -0.900. The van der Waals surface area contributed by atoms with Gasteiger partial charge in [-0.05, 0) is 62.6 Å². The number of fused-ring (bicyclic) bond motifs is 2. The molecule has 3 atom stereocenters. The molecule has 3 aliphatic carbocycles. The third kappa shape index (κ3) is 2.51. The van der Waals surface area contributed by atoms with Gasteiger partial charge >= 0.3 is 0 Å². The van der Waals surface area contributed by atoms with E-state index in [0.29, 0.717) is 17.1 Å². The summed E-state index contributed by atoms with van der Waals surface area (Å²) >= 11 is 5.29. The molecule has 4 heteroatoms. The van der Waals surface area contributed by atoms with E-state index in [2.05, 4.69) is 28.0 Å². The van der Waals surface area contributed by atoms with Crippen LogP contribution in [0.5, 0.6) is 0 Å². The van der Waals surface area contributed by atoms with Crippen LogP contribution in [-0.2, 0) is 0 Å². The van der Waals surface area contributed by atoms with Crippen molar-refractivity contribution in [1.82, 2.24) is 10.7 Å². The molecule has 2 saturated carbocycles. The zero-order valence-corrected chi connectivity index (χ0v) is 10.8. The first-order valence-electron chi connectivity index (χ1n) is 6.61. The highest BCUT2D eigenvalue weighted by Crippen LogP contribution is 2.38. The van der Waals surface area contributed by atoms with Crippen LogP contribution in [0.25, 0.3) is 0 Å². The van der Waals surface area contributed by atoms with Crippen molar-refractivity contribution in [2.24, 2.45) is 16.9 Å². The van der Waals surface area contributed by atoms with Gasteiger partial charge in [0.1, 0.15) is 0 Å². The second-order valence-electron chi connectivity index (χ2n) is 5.36. The van der Waals surface area contributed by atoms with Gasteiger partial charge in [0.05, 0.1) is 0 Å². The van der Waals surface area contributed by atoms with Gasteiger partial charge in [-0.1, -0.05) is 12.2 Å². The molecule has 3 aliphatic rings. The van der Waals surface area contributed by atoms with Crippen LogP contribution in [0.4, 0.5) is 0 Å². The van der Waals surface area contributed by atoms with Crippen molar-refractivity contribution in [3.05, 3.63) is 12.2 Å². The molecule has 3 rings (SSSR count). The predicted octanol–water partition coefficient (Wildman–Crippen LogP) is 2.35. The zero-order valence-electron chi connectivity index (χ0n) is 9.98. The Morgan fingerprint density at radius 1 is 1.24 bits per heavy atom. The van der Waals surface area contributed by atoms with E-state index in [9.17, 15) is 0 Å². The maximum Gasteiger partial charge on any atom is 0.187 e. The summed E-state index contributed by atoms with van der Waals surface area (Å²) in [7, 11) is 0. The minimum absolute atomic E-state index is 0.522. The largest absolute Gasteiger partial charge is 0.358 e. The number of hydrogen-bond acceptors (Lipinski definition) is 2. The second kappa shape index (κ2) is 4.77. The van der Waals surface area contributed by atoms with Gasteiger partial charge in [-0.3, -0.25) is 5.43 Å². The lowest BCUT2D eigenvalue weighted by Crippen LogP contribution is -2.42. The molecule has 2 bridgehead atoms. The Labute approximate surface area is 108 Å². The van der Waals surface area contributed by atoms with Crippen LogP contribution in [-0.4, -0.2) is 16.9 Å². The third-order valence-electron chi connectivity index (χ3n) is 4.09. The number of nitrogens with one attached hydrogen (secondary N) is 2. The lowest BCUT2D eigenvalue weighted by Gasteiger charge is -2.20. The molecule has 3 unspecified atom stereocenters. The van der Waals surface area contributed by atoms with Crippen molar-refractivity contribution < 1.29 is 0 Å². The van der Waals surface area contributed by atoms with E-state index in [1.54, 1.807) is 0 Å². The van der Waals surface area contributed by atoms with Gasteiger partial charge in [0.15, 0.2) is 5.11 Å². The van der Waals surface area contributed by atoms with Crippen LogP contribution in [0.1, 0.15) is 38.5 Å². The molecule has 0 radical (unpaired) electrons. The summed E-state index contributed by atoms with van der Waals surface area (Å²) < 4.78 is 0. The van der Waals surface area contributed by atoms with Crippen molar-refractivity contribution in [3.8, 4) is 0 Å². The maximum absolute atomic E-state index is 5.29. The van der Waals surface area contributed by atoms with Gasteiger partial charge < -0.3 is 5.32 Å². The first-order chi connectivity index (χ1) is 8.31. The van der Waals surface area contributed by atoms with Gasteiger partial charge in [-0.25, -0.2) is 0 Å². The first-order valence-corrected chi connectivity index (χ1v) is 7.02. The molecule has 0 saturated heterocycles. The maximum atomic E-state index is 5.29. The highest BCUT2D eigenvalue weighted by Gasteiger charge is 2.35. The van der Waals surface area contributed by atoms with E-state index in [1.807, 2.05) is 0 Å². The average molecular weight is 249 g/mol. The van der Waals surface area contributed by atoms with Crippen LogP contribution in [0.2, 0.25) is 0 Å². The van der Waals surface area contributed by atoms with E-state index in [0.717, 1.165) is 18.8 Å². The first kappa shape index (κ1) is 11.2.